The first-order valence-electron chi connectivity index (χ1n) is 9.41. The molecule has 156 valence electrons. The number of carbonyl (C=O) groups excluding carboxylic acids is 1. The molecule has 0 atom stereocenters. The van der Waals surface area contributed by atoms with E-state index in [0.717, 1.165) is 0 Å². The van der Waals surface area contributed by atoms with Crippen LogP contribution in [-0.4, -0.2) is 49.4 Å². The number of anilines is 1. The molecule has 2 N–H and O–H groups in total. The van der Waals surface area contributed by atoms with Crippen LogP contribution in [0.25, 0.3) is 11.3 Å². The summed E-state index contributed by atoms with van der Waals surface area (Å²) in [4.78, 5) is 26.1. The fourth-order valence-corrected chi connectivity index (χ4v) is 3.84. The fourth-order valence-electron chi connectivity index (χ4n) is 3.84. The molecule has 1 aromatic heterocycles. The van der Waals surface area contributed by atoms with Crippen molar-refractivity contribution in [2.75, 3.05) is 32.1 Å². The molecule has 1 fully saturated rings. The lowest BCUT2D eigenvalue weighted by molar-refractivity contribution is -0.132. The van der Waals surface area contributed by atoms with Gasteiger partial charge in [-0.2, -0.15) is 0 Å². The largest absolute Gasteiger partial charge is 0.494 e. The highest BCUT2D eigenvalue weighted by atomic mass is 19.1. The lowest BCUT2D eigenvalue weighted by Gasteiger charge is -2.40. The van der Waals surface area contributed by atoms with E-state index < -0.39 is 17.2 Å². The number of ether oxygens (including phenoxy) is 1. The van der Waals surface area contributed by atoms with Crippen LogP contribution < -0.4 is 15.0 Å². The molecule has 2 heterocycles. The van der Waals surface area contributed by atoms with Crippen LogP contribution in [-0.2, 0) is 4.79 Å². The van der Waals surface area contributed by atoms with Gasteiger partial charge in [-0.25, -0.2) is 9.18 Å². The Labute approximate surface area is 167 Å². The number of piperidine rings is 1. The van der Waals surface area contributed by atoms with E-state index in [1.165, 1.54) is 25.3 Å². The third-order valence-corrected chi connectivity index (χ3v) is 5.71. The van der Waals surface area contributed by atoms with Crippen LogP contribution in [0.2, 0.25) is 0 Å². The first-order valence-corrected chi connectivity index (χ1v) is 9.41. The van der Waals surface area contributed by atoms with Crippen molar-refractivity contribution in [1.29, 1.82) is 0 Å². The molecule has 0 saturated carbocycles. The first kappa shape index (κ1) is 20.6. The number of aromatic carboxylic acids is 1. The van der Waals surface area contributed by atoms with Crippen molar-refractivity contribution in [3.8, 4) is 17.1 Å². The van der Waals surface area contributed by atoms with E-state index in [0.29, 0.717) is 37.9 Å². The molecule has 1 aliphatic heterocycles. The number of methoxy groups -OCH3 is 1. The van der Waals surface area contributed by atoms with Gasteiger partial charge in [-0.05, 0) is 37.5 Å². The van der Waals surface area contributed by atoms with E-state index in [1.54, 1.807) is 7.05 Å². The maximum atomic E-state index is 13.7. The molecular formula is C20H24FN3O5. The number of benzene rings is 1. The highest BCUT2D eigenvalue weighted by molar-refractivity contribution is 5.99. The number of nitrogens with zero attached hydrogens (tertiary/aromatic N) is 2. The second-order valence-electron chi connectivity index (χ2n) is 7.06. The maximum absolute atomic E-state index is 13.7. The molecule has 3 rings (SSSR count). The summed E-state index contributed by atoms with van der Waals surface area (Å²) in [6.45, 7) is 2.92. The average Bonchev–Trinajstić information content (AvgIpc) is 3.19. The van der Waals surface area contributed by atoms with Crippen molar-refractivity contribution >= 4 is 17.7 Å². The van der Waals surface area contributed by atoms with Gasteiger partial charge in [0.25, 0.3) is 0 Å². The third kappa shape index (κ3) is 3.64. The van der Waals surface area contributed by atoms with Crippen molar-refractivity contribution in [3.63, 3.8) is 0 Å². The number of carboxylic acid groups (broad SMARTS) is 1. The normalized spacial score (nSPS) is 15.8. The quantitative estimate of drug-likeness (QED) is 0.761. The minimum Gasteiger partial charge on any atom is -0.494 e. The van der Waals surface area contributed by atoms with Crippen LogP contribution in [0.4, 0.5) is 10.2 Å². The molecule has 0 unspecified atom stereocenters. The predicted octanol–water partition coefficient (Wildman–Crippen LogP) is 2.93. The summed E-state index contributed by atoms with van der Waals surface area (Å²) in [7, 11) is 2.95. The summed E-state index contributed by atoms with van der Waals surface area (Å²) >= 11 is 0. The number of rotatable bonds is 6. The number of hydrogen-bond donors (Lipinski definition) is 2. The Hall–Kier alpha value is -3.10. The summed E-state index contributed by atoms with van der Waals surface area (Å²) in [6, 6.07) is 3.97. The molecule has 1 saturated heterocycles. The van der Waals surface area contributed by atoms with Gasteiger partial charge in [0.1, 0.15) is 0 Å². The zero-order valence-corrected chi connectivity index (χ0v) is 16.6. The number of aromatic nitrogens is 1. The highest BCUT2D eigenvalue weighted by Crippen LogP contribution is 2.39. The molecule has 29 heavy (non-hydrogen) atoms. The van der Waals surface area contributed by atoms with Crippen LogP contribution in [0.1, 0.15) is 36.5 Å². The minimum atomic E-state index is -1.20. The Balaban J connectivity index is 1.93. The lowest BCUT2D eigenvalue weighted by Crippen LogP contribution is -2.48. The number of hydrogen-bond acceptors (Lipinski definition) is 6. The predicted molar refractivity (Wildman–Crippen MR) is 104 cm³/mol. The average molecular weight is 405 g/mol. The molecular weight excluding hydrogens is 381 g/mol. The monoisotopic (exact) mass is 405 g/mol. The van der Waals surface area contributed by atoms with Gasteiger partial charge in [-0.1, -0.05) is 12.1 Å². The number of carbonyl (C=O) groups is 2. The van der Waals surface area contributed by atoms with E-state index in [4.69, 9.17) is 9.26 Å². The van der Waals surface area contributed by atoms with Gasteiger partial charge in [0.15, 0.2) is 28.7 Å². The van der Waals surface area contributed by atoms with Crippen LogP contribution in [0.15, 0.2) is 22.7 Å². The van der Waals surface area contributed by atoms with Gasteiger partial charge >= 0.3 is 5.97 Å². The van der Waals surface area contributed by atoms with E-state index in [1.807, 2.05) is 11.8 Å². The second kappa shape index (κ2) is 8.10. The summed E-state index contributed by atoms with van der Waals surface area (Å²) in [5, 5.41) is 16.5. The van der Waals surface area contributed by atoms with Crippen molar-refractivity contribution in [2.24, 2.45) is 5.41 Å². The van der Waals surface area contributed by atoms with Crippen molar-refractivity contribution in [3.05, 3.63) is 29.6 Å². The van der Waals surface area contributed by atoms with Crippen molar-refractivity contribution < 1.29 is 28.3 Å². The first-order chi connectivity index (χ1) is 13.9. The van der Waals surface area contributed by atoms with Crippen LogP contribution in [0, 0.1) is 11.2 Å². The Morgan fingerprint density at radius 2 is 2.07 bits per heavy atom. The van der Waals surface area contributed by atoms with Crippen molar-refractivity contribution in [1.82, 2.24) is 10.5 Å². The van der Waals surface area contributed by atoms with Gasteiger partial charge < -0.3 is 24.6 Å². The van der Waals surface area contributed by atoms with E-state index in [9.17, 15) is 19.1 Å². The van der Waals surface area contributed by atoms with E-state index in [-0.39, 0.29) is 28.8 Å². The van der Waals surface area contributed by atoms with Crippen molar-refractivity contribution in [2.45, 2.75) is 26.2 Å². The van der Waals surface area contributed by atoms with Gasteiger partial charge in [-0.3, -0.25) is 4.79 Å². The Bertz CT molecular complexity index is 919. The van der Waals surface area contributed by atoms with Crippen LogP contribution in [0.5, 0.6) is 5.75 Å². The molecule has 0 bridgehead atoms. The maximum Gasteiger partial charge on any atom is 0.343 e. The summed E-state index contributed by atoms with van der Waals surface area (Å²) in [5.74, 6) is -1.54. The zero-order chi connectivity index (χ0) is 21.2. The molecule has 1 amide bonds. The molecule has 9 heteroatoms. The Morgan fingerprint density at radius 3 is 2.62 bits per heavy atom. The van der Waals surface area contributed by atoms with Gasteiger partial charge in [-0.15, -0.1) is 0 Å². The smallest absolute Gasteiger partial charge is 0.343 e. The van der Waals surface area contributed by atoms with E-state index in [2.05, 4.69) is 10.5 Å². The molecule has 0 radical (unpaired) electrons. The number of amides is 1. The highest BCUT2D eigenvalue weighted by Gasteiger charge is 2.41. The Kier molecular flexibility index (Phi) is 5.76. The summed E-state index contributed by atoms with van der Waals surface area (Å²) in [6.07, 6.45) is 1.86. The molecule has 1 aliphatic rings. The molecule has 8 nitrogen and oxygen atoms in total. The molecule has 2 aromatic rings. The van der Waals surface area contributed by atoms with Gasteiger partial charge in [0, 0.05) is 25.7 Å². The number of nitrogens with one attached hydrogen (secondary N) is 1. The molecule has 0 spiro atoms. The Morgan fingerprint density at radius 1 is 1.38 bits per heavy atom. The number of carboxylic acids is 1. The molecule has 1 aromatic carbocycles. The van der Waals surface area contributed by atoms with Gasteiger partial charge in [0.2, 0.25) is 5.91 Å². The summed E-state index contributed by atoms with van der Waals surface area (Å²) < 4.78 is 24.0. The third-order valence-electron chi connectivity index (χ3n) is 5.71. The second-order valence-corrected chi connectivity index (χ2v) is 7.06. The topological polar surface area (TPSA) is 105 Å². The van der Waals surface area contributed by atoms with Crippen LogP contribution in [0.3, 0.4) is 0 Å². The SMILES string of the molecule is CCC1(C(=O)NC)CCN(c2noc(-c3ccc(F)c(OC)c3)c2C(=O)O)CC1. The van der Waals surface area contributed by atoms with Gasteiger partial charge in [0.05, 0.1) is 12.5 Å². The standard InChI is InChI=1S/C20H24FN3O5/c1-4-20(19(27)22-2)7-9-24(10-8-20)17-15(18(25)26)16(29-23-17)12-5-6-13(21)14(11-12)28-3/h5-6,11H,4,7-10H2,1-3H3,(H,22,27)(H,25,26). The number of halogens is 1. The minimum absolute atomic E-state index is 0.00245. The molecule has 0 aliphatic carbocycles. The lowest BCUT2D eigenvalue weighted by atomic mass is 9.75. The van der Waals surface area contributed by atoms with E-state index >= 15 is 0 Å². The fraction of sp³-hybridized carbons (Fsp3) is 0.450. The summed E-state index contributed by atoms with van der Waals surface area (Å²) in [5.41, 5.74) is -0.210. The zero-order valence-electron chi connectivity index (χ0n) is 16.6. The van der Waals surface area contributed by atoms with Crippen LogP contribution >= 0.6 is 0 Å².